The fourth-order valence-electron chi connectivity index (χ4n) is 3.72. The van der Waals surface area contributed by atoms with Crippen molar-refractivity contribution in [2.24, 2.45) is 5.73 Å². The number of amides is 2. The number of likely N-dealkylation sites (tertiary alicyclic amines) is 1. The van der Waals surface area contributed by atoms with Crippen LogP contribution >= 0.6 is 0 Å². The minimum Gasteiger partial charge on any atom is -0.458 e. The Morgan fingerprint density at radius 1 is 1.03 bits per heavy atom. The summed E-state index contributed by atoms with van der Waals surface area (Å²) in [7, 11) is 0. The summed E-state index contributed by atoms with van der Waals surface area (Å²) in [6.07, 6.45) is 0.658. The number of carbonyl (C=O) groups is 3. The summed E-state index contributed by atoms with van der Waals surface area (Å²) in [5, 5.41) is 3.18. The average molecular weight is 448 g/mol. The van der Waals surface area contributed by atoms with Crippen LogP contribution < -0.4 is 11.1 Å². The molecule has 0 radical (unpaired) electrons. The highest BCUT2D eigenvalue weighted by atomic mass is 16.6. The summed E-state index contributed by atoms with van der Waals surface area (Å²) in [5.41, 5.74) is 5.26. The van der Waals surface area contributed by atoms with Crippen molar-refractivity contribution in [1.82, 2.24) is 10.2 Å². The van der Waals surface area contributed by atoms with Crippen LogP contribution in [0.15, 0.2) is 30.3 Å². The van der Waals surface area contributed by atoms with Gasteiger partial charge in [-0.25, -0.2) is 9.59 Å². The molecule has 2 amide bonds. The minimum atomic E-state index is -0.767. The SMILES string of the molecule is CC(C)(C)OC(=O)[C@@H]1CC[C@@H](CC(NCc2ccccc2)C(N)=O)N1C(=O)OC(C)(C)C. The molecule has 3 atom stereocenters. The zero-order valence-electron chi connectivity index (χ0n) is 20.0. The number of nitrogens with zero attached hydrogens (tertiary/aromatic N) is 1. The van der Waals surface area contributed by atoms with Crippen molar-refractivity contribution in [2.45, 2.75) is 96.7 Å². The molecular formula is C24H37N3O5. The van der Waals surface area contributed by atoms with E-state index in [9.17, 15) is 14.4 Å². The van der Waals surface area contributed by atoms with Crippen LogP contribution in [0.2, 0.25) is 0 Å². The van der Waals surface area contributed by atoms with Crippen LogP contribution in [0.3, 0.4) is 0 Å². The Labute approximate surface area is 190 Å². The highest BCUT2D eigenvalue weighted by molar-refractivity contribution is 5.83. The molecule has 178 valence electrons. The van der Waals surface area contributed by atoms with Crippen LogP contribution in [0.5, 0.6) is 0 Å². The van der Waals surface area contributed by atoms with E-state index in [1.807, 2.05) is 30.3 Å². The number of esters is 1. The van der Waals surface area contributed by atoms with E-state index < -0.39 is 41.3 Å². The maximum atomic E-state index is 13.0. The summed E-state index contributed by atoms with van der Waals surface area (Å²) < 4.78 is 11.1. The molecule has 0 bridgehead atoms. The van der Waals surface area contributed by atoms with Crippen LogP contribution in [0.25, 0.3) is 0 Å². The van der Waals surface area contributed by atoms with Crippen LogP contribution in [0.1, 0.15) is 66.4 Å². The summed E-state index contributed by atoms with van der Waals surface area (Å²) in [4.78, 5) is 39.5. The molecule has 1 saturated heterocycles. The predicted octanol–water partition coefficient (Wildman–Crippen LogP) is 3.13. The van der Waals surface area contributed by atoms with Gasteiger partial charge in [0.1, 0.15) is 17.2 Å². The molecule has 3 N–H and O–H groups in total. The molecule has 1 aliphatic heterocycles. The second-order valence-corrected chi connectivity index (χ2v) is 10.2. The molecule has 0 saturated carbocycles. The van der Waals surface area contributed by atoms with E-state index in [-0.39, 0.29) is 12.5 Å². The Kier molecular flexibility index (Phi) is 8.29. The zero-order valence-corrected chi connectivity index (χ0v) is 20.0. The summed E-state index contributed by atoms with van der Waals surface area (Å²) in [6.45, 7) is 11.1. The van der Waals surface area contributed by atoms with Gasteiger partial charge in [0.2, 0.25) is 5.91 Å². The van der Waals surface area contributed by atoms with Crippen molar-refractivity contribution in [3.63, 3.8) is 0 Å². The van der Waals surface area contributed by atoms with E-state index in [1.165, 1.54) is 4.90 Å². The number of benzene rings is 1. The molecule has 0 aromatic heterocycles. The first-order valence-corrected chi connectivity index (χ1v) is 11.1. The van der Waals surface area contributed by atoms with E-state index in [1.54, 1.807) is 41.5 Å². The predicted molar refractivity (Wildman–Crippen MR) is 122 cm³/mol. The summed E-state index contributed by atoms with van der Waals surface area (Å²) in [6, 6.07) is 7.84. The number of hydrogen-bond acceptors (Lipinski definition) is 6. The van der Waals surface area contributed by atoms with E-state index in [0.29, 0.717) is 19.4 Å². The third kappa shape index (κ3) is 7.82. The van der Waals surface area contributed by atoms with Gasteiger partial charge in [0.15, 0.2) is 0 Å². The monoisotopic (exact) mass is 447 g/mol. The van der Waals surface area contributed by atoms with Crippen molar-refractivity contribution in [1.29, 1.82) is 0 Å². The Bertz CT molecular complexity index is 798. The van der Waals surface area contributed by atoms with Gasteiger partial charge in [0, 0.05) is 12.6 Å². The first kappa shape index (κ1) is 25.6. The van der Waals surface area contributed by atoms with Gasteiger partial charge in [-0.1, -0.05) is 30.3 Å². The number of nitrogens with one attached hydrogen (secondary N) is 1. The van der Waals surface area contributed by atoms with Gasteiger partial charge in [-0.05, 0) is 66.4 Å². The molecule has 32 heavy (non-hydrogen) atoms. The normalized spacial score (nSPS) is 20.0. The molecule has 1 aromatic rings. The highest BCUT2D eigenvalue weighted by Crippen LogP contribution is 2.31. The molecule has 2 rings (SSSR count). The molecule has 0 spiro atoms. The number of carbonyl (C=O) groups excluding carboxylic acids is 3. The molecule has 8 heteroatoms. The maximum absolute atomic E-state index is 13.0. The second-order valence-electron chi connectivity index (χ2n) is 10.2. The van der Waals surface area contributed by atoms with Crippen molar-refractivity contribution in [3.05, 3.63) is 35.9 Å². The fraction of sp³-hybridized carbons (Fsp3) is 0.625. The van der Waals surface area contributed by atoms with Crippen molar-refractivity contribution in [2.75, 3.05) is 0 Å². The number of ether oxygens (including phenoxy) is 2. The third-order valence-electron chi connectivity index (χ3n) is 5.03. The van der Waals surface area contributed by atoms with E-state index in [4.69, 9.17) is 15.2 Å². The molecule has 1 unspecified atom stereocenters. The van der Waals surface area contributed by atoms with Gasteiger partial charge >= 0.3 is 12.1 Å². The van der Waals surface area contributed by atoms with Crippen molar-refractivity contribution >= 4 is 18.0 Å². The lowest BCUT2D eigenvalue weighted by atomic mass is 10.0. The minimum absolute atomic E-state index is 0.278. The smallest absolute Gasteiger partial charge is 0.411 e. The van der Waals surface area contributed by atoms with Gasteiger partial charge in [0.05, 0.1) is 6.04 Å². The molecule has 8 nitrogen and oxygen atoms in total. The van der Waals surface area contributed by atoms with Crippen molar-refractivity contribution < 1.29 is 23.9 Å². The molecule has 1 aromatic carbocycles. The van der Waals surface area contributed by atoms with Gasteiger partial charge in [0.25, 0.3) is 0 Å². The largest absolute Gasteiger partial charge is 0.458 e. The standard InChI is InChI=1S/C24H37N3O5/c1-23(2,3)31-21(29)19-13-12-17(27(19)22(30)32-24(4,5)6)14-18(20(25)28)26-15-16-10-8-7-9-11-16/h7-11,17-19,26H,12-15H2,1-6H3,(H2,25,28)/t17-,18?,19-/m0/s1. The Balaban J connectivity index is 2.18. The fourth-order valence-corrected chi connectivity index (χ4v) is 3.72. The summed E-state index contributed by atoms with van der Waals surface area (Å²) in [5.74, 6) is -0.982. The topological polar surface area (TPSA) is 111 Å². The van der Waals surface area contributed by atoms with E-state index in [2.05, 4.69) is 5.32 Å². The second kappa shape index (κ2) is 10.3. The lowest BCUT2D eigenvalue weighted by Crippen LogP contribution is -2.51. The van der Waals surface area contributed by atoms with Crippen LogP contribution in [0, 0.1) is 0 Å². The lowest BCUT2D eigenvalue weighted by Gasteiger charge is -2.34. The van der Waals surface area contributed by atoms with Gasteiger partial charge in [-0.15, -0.1) is 0 Å². The first-order chi connectivity index (χ1) is 14.8. The highest BCUT2D eigenvalue weighted by Gasteiger charge is 2.45. The van der Waals surface area contributed by atoms with Gasteiger partial charge in [-0.3, -0.25) is 9.69 Å². The molecular weight excluding hydrogens is 410 g/mol. The van der Waals surface area contributed by atoms with E-state index in [0.717, 1.165) is 5.56 Å². The lowest BCUT2D eigenvalue weighted by molar-refractivity contribution is -0.160. The molecule has 1 heterocycles. The zero-order chi connectivity index (χ0) is 24.1. The molecule has 1 fully saturated rings. The van der Waals surface area contributed by atoms with Crippen LogP contribution in [0.4, 0.5) is 4.79 Å². The van der Waals surface area contributed by atoms with Gasteiger partial charge < -0.3 is 20.5 Å². The molecule has 1 aliphatic rings. The van der Waals surface area contributed by atoms with Crippen LogP contribution in [-0.2, 0) is 25.6 Å². The maximum Gasteiger partial charge on any atom is 0.411 e. The van der Waals surface area contributed by atoms with Gasteiger partial charge in [-0.2, -0.15) is 0 Å². The Hall–Kier alpha value is -2.61. The summed E-state index contributed by atoms with van der Waals surface area (Å²) >= 11 is 0. The number of nitrogens with two attached hydrogens (primary N) is 1. The quantitative estimate of drug-likeness (QED) is 0.621. The van der Waals surface area contributed by atoms with Crippen molar-refractivity contribution in [3.8, 4) is 0 Å². The number of primary amides is 1. The Morgan fingerprint density at radius 3 is 2.16 bits per heavy atom. The third-order valence-corrected chi connectivity index (χ3v) is 5.03. The molecule has 0 aliphatic carbocycles. The number of hydrogen-bond donors (Lipinski definition) is 2. The number of rotatable bonds is 7. The Morgan fingerprint density at radius 2 is 1.62 bits per heavy atom. The van der Waals surface area contributed by atoms with E-state index >= 15 is 0 Å². The van der Waals surface area contributed by atoms with Crippen LogP contribution in [-0.4, -0.2) is 52.2 Å². The first-order valence-electron chi connectivity index (χ1n) is 11.1. The average Bonchev–Trinajstić information content (AvgIpc) is 3.07.